The molecule has 0 bridgehead atoms. The number of carbonyl (C=O) groups excluding carboxylic acids is 1. The van der Waals surface area contributed by atoms with Crippen LogP contribution in [0.4, 0.5) is 0 Å². The number of esters is 1. The molecule has 4 heteroatoms. The molecule has 2 aromatic heterocycles. The van der Waals surface area contributed by atoms with Crippen molar-refractivity contribution in [1.29, 1.82) is 0 Å². The summed E-state index contributed by atoms with van der Waals surface area (Å²) in [4.78, 5) is 18.0. The van der Waals surface area contributed by atoms with Crippen molar-refractivity contribution >= 4 is 27.8 Å². The number of para-hydroxylation sites is 2. The van der Waals surface area contributed by atoms with Crippen molar-refractivity contribution in [2.45, 2.75) is 12.8 Å². The maximum atomic E-state index is 11.4. The maximum absolute atomic E-state index is 11.4. The van der Waals surface area contributed by atoms with Crippen LogP contribution < -0.4 is 0 Å². The number of fused-ring (bicyclic) bond motifs is 2. The predicted octanol–water partition coefficient (Wildman–Crippen LogP) is 4.34. The highest BCUT2D eigenvalue weighted by atomic mass is 16.5. The Kier molecular flexibility index (Phi) is 3.58. The third-order valence-electron chi connectivity index (χ3n) is 4.45. The van der Waals surface area contributed by atoms with Crippen molar-refractivity contribution in [3.05, 3.63) is 72.1 Å². The highest BCUT2D eigenvalue weighted by molar-refractivity contribution is 5.88. The van der Waals surface area contributed by atoms with Crippen molar-refractivity contribution in [3.63, 3.8) is 0 Å². The van der Waals surface area contributed by atoms with Crippen LogP contribution in [0.2, 0.25) is 0 Å². The second kappa shape index (κ2) is 5.89. The minimum atomic E-state index is -0.264. The molecule has 0 aliphatic rings. The standard InChI is InChI=1S/C20H18N2O2/c1-13(23)24-12-18(16-10-21-19-8-4-2-6-14(16)19)17-11-22-20-9-5-3-7-15(17)20/h2-11,18,21-22H,12H2,1H3. The quantitative estimate of drug-likeness (QED) is 0.550. The summed E-state index contributed by atoms with van der Waals surface area (Å²) in [6.45, 7) is 1.76. The molecule has 0 spiro atoms. The number of aromatic amines is 2. The van der Waals surface area contributed by atoms with E-state index in [-0.39, 0.29) is 11.9 Å². The molecule has 4 aromatic rings. The Balaban J connectivity index is 1.86. The molecule has 24 heavy (non-hydrogen) atoms. The molecule has 4 nitrogen and oxygen atoms in total. The van der Waals surface area contributed by atoms with Crippen LogP contribution in [0, 0.1) is 0 Å². The number of hydrogen-bond acceptors (Lipinski definition) is 2. The largest absolute Gasteiger partial charge is 0.465 e. The topological polar surface area (TPSA) is 57.9 Å². The molecular weight excluding hydrogens is 300 g/mol. The van der Waals surface area contributed by atoms with Gasteiger partial charge in [0.25, 0.3) is 0 Å². The molecule has 0 atom stereocenters. The minimum absolute atomic E-state index is 0.0267. The average molecular weight is 318 g/mol. The highest BCUT2D eigenvalue weighted by Crippen LogP contribution is 2.34. The SMILES string of the molecule is CC(=O)OCC(c1c[nH]c2ccccc12)c1c[nH]c2ccccc12. The summed E-state index contributed by atoms with van der Waals surface area (Å²) in [6.07, 6.45) is 4.03. The molecule has 0 fully saturated rings. The Morgan fingerprint density at radius 3 is 1.92 bits per heavy atom. The number of benzene rings is 2. The molecule has 0 saturated carbocycles. The molecule has 0 aliphatic carbocycles. The normalized spacial score (nSPS) is 11.4. The van der Waals surface area contributed by atoms with Gasteiger partial charge in [0.15, 0.2) is 0 Å². The van der Waals surface area contributed by atoms with E-state index >= 15 is 0 Å². The number of aromatic nitrogens is 2. The van der Waals surface area contributed by atoms with E-state index in [1.54, 1.807) is 0 Å². The second-order valence-electron chi connectivity index (χ2n) is 5.93. The Hall–Kier alpha value is -3.01. The minimum Gasteiger partial charge on any atom is -0.465 e. The number of hydrogen-bond donors (Lipinski definition) is 2. The number of carbonyl (C=O) groups is 1. The number of H-pyrrole nitrogens is 2. The van der Waals surface area contributed by atoms with Gasteiger partial charge < -0.3 is 14.7 Å². The van der Waals surface area contributed by atoms with Crippen molar-refractivity contribution in [2.75, 3.05) is 6.61 Å². The summed E-state index contributed by atoms with van der Waals surface area (Å²) in [5.41, 5.74) is 4.44. The Labute approximate surface area is 139 Å². The zero-order valence-electron chi connectivity index (χ0n) is 13.4. The van der Waals surface area contributed by atoms with Gasteiger partial charge in [-0.15, -0.1) is 0 Å². The van der Waals surface area contributed by atoms with Crippen LogP contribution in [0.25, 0.3) is 21.8 Å². The van der Waals surface area contributed by atoms with Crippen LogP contribution in [0.3, 0.4) is 0 Å². The summed E-state index contributed by atoms with van der Waals surface area (Å²) in [6, 6.07) is 16.4. The van der Waals surface area contributed by atoms with Gasteiger partial charge in [-0.25, -0.2) is 0 Å². The molecule has 2 N–H and O–H groups in total. The van der Waals surface area contributed by atoms with E-state index in [1.165, 1.54) is 6.92 Å². The summed E-state index contributed by atoms with van der Waals surface area (Å²) in [7, 11) is 0. The molecule has 4 rings (SSSR count). The summed E-state index contributed by atoms with van der Waals surface area (Å²) >= 11 is 0. The van der Waals surface area contributed by atoms with Gasteiger partial charge in [-0.05, 0) is 23.3 Å². The monoisotopic (exact) mass is 318 g/mol. The van der Waals surface area contributed by atoms with Crippen LogP contribution in [-0.2, 0) is 9.53 Å². The highest BCUT2D eigenvalue weighted by Gasteiger charge is 2.22. The van der Waals surface area contributed by atoms with E-state index in [4.69, 9.17) is 4.74 Å². The van der Waals surface area contributed by atoms with Gasteiger partial charge in [0.1, 0.15) is 6.61 Å². The Morgan fingerprint density at radius 2 is 1.42 bits per heavy atom. The fourth-order valence-corrected chi connectivity index (χ4v) is 3.31. The van der Waals surface area contributed by atoms with Crippen LogP contribution in [-0.4, -0.2) is 22.5 Å². The van der Waals surface area contributed by atoms with Gasteiger partial charge >= 0.3 is 5.97 Å². The third-order valence-corrected chi connectivity index (χ3v) is 4.45. The van der Waals surface area contributed by atoms with Crippen LogP contribution in [0.1, 0.15) is 24.0 Å². The fraction of sp³-hybridized carbons (Fsp3) is 0.150. The molecular formula is C20H18N2O2. The van der Waals surface area contributed by atoms with Crippen LogP contribution in [0.5, 0.6) is 0 Å². The van der Waals surface area contributed by atoms with Crippen LogP contribution in [0.15, 0.2) is 60.9 Å². The van der Waals surface area contributed by atoms with Crippen molar-refractivity contribution in [2.24, 2.45) is 0 Å². The molecule has 0 saturated heterocycles. The Bertz CT molecular complexity index is 939. The first kappa shape index (κ1) is 14.6. The lowest BCUT2D eigenvalue weighted by Gasteiger charge is -2.16. The van der Waals surface area contributed by atoms with E-state index in [0.29, 0.717) is 6.61 Å². The first-order chi connectivity index (χ1) is 11.7. The van der Waals surface area contributed by atoms with Gasteiger partial charge in [0, 0.05) is 47.0 Å². The molecule has 0 aliphatic heterocycles. The van der Waals surface area contributed by atoms with Gasteiger partial charge in [0.2, 0.25) is 0 Å². The molecule has 0 amide bonds. The molecule has 120 valence electrons. The summed E-state index contributed by atoms with van der Waals surface area (Å²) < 4.78 is 5.38. The van der Waals surface area contributed by atoms with E-state index in [2.05, 4.69) is 34.2 Å². The predicted molar refractivity (Wildman–Crippen MR) is 95.1 cm³/mol. The molecule has 2 heterocycles. The summed E-state index contributed by atoms with van der Waals surface area (Å²) in [5, 5.41) is 2.31. The molecule has 0 unspecified atom stereocenters. The summed E-state index contributed by atoms with van der Waals surface area (Å²) in [5.74, 6) is -0.291. The van der Waals surface area contributed by atoms with Crippen molar-refractivity contribution in [3.8, 4) is 0 Å². The first-order valence-electron chi connectivity index (χ1n) is 7.99. The first-order valence-corrected chi connectivity index (χ1v) is 7.99. The number of nitrogens with one attached hydrogen (secondary N) is 2. The van der Waals surface area contributed by atoms with E-state index in [1.807, 2.05) is 36.7 Å². The van der Waals surface area contributed by atoms with E-state index in [9.17, 15) is 4.79 Å². The molecule has 2 aromatic carbocycles. The fourth-order valence-electron chi connectivity index (χ4n) is 3.31. The lowest BCUT2D eigenvalue weighted by atomic mass is 9.91. The zero-order valence-corrected chi connectivity index (χ0v) is 13.4. The third kappa shape index (κ3) is 2.46. The smallest absolute Gasteiger partial charge is 0.302 e. The van der Waals surface area contributed by atoms with Gasteiger partial charge in [0.05, 0.1) is 0 Å². The number of ether oxygens (including phenoxy) is 1. The Morgan fingerprint density at radius 1 is 0.917 bits per heavy atom. The second-order valence-corrected chi connectivity index (χ2v) is 5.93. The lowest BCUT2D eigenvalue weighted by molar-refractivity contribution is -0.141. The van der Waals surface area contributed by atoms with Crippen molar-refractivity contribution in [1.82, 2.24) is 9.97 Å². The maximum Gasteiger partial charge on any atom is 0.302 e. The van der Waals surface area contributed by atoms with Gasteiger partial charge in [-0.3, -0.25) is 4.79 Å². The van der Waals surface area contributed by atoms with Crippen LogP contribution >= 0.6 is 0 Å². The molecule has 0 radical (unpaired) electrons. The zero-order chi connectivity index (χ0) is 16.5. The van der Waals surface area contributed by atoms with E-state index in [0.717, 1.165) is 32.9 Å². The average Bonchev–Trinajstić information content (AvgIpc) is 3.20. The lowest BCUT2D eigenvalue weighted by Crippen LogP contribution is -2.11. The van der Waals surface area contributed by atoms with E-state index < -0.39 is 0 Å². The van der Waals surface area contributed by atoms with Gasteiger partial charge in [-0.1, -0.05) is 36.4 Å². The number of rotatable bonds is 4. The van der Waals surface area contributed by atoms with Crippen molar-refractivity contribution < 1.29 is 9.53 Å². The van der Waals surface area contributed by atoms with Gasteiger partial charge in [-0.2, -0.15) is 0 Å².